The van der Waals surface area contributed by atoms with Crippen molar-refractivity contribution < 1.29 is 72.3 Å². The number of aliphatic hydroxyl groups excluding tert-OH is 4. The highest BCUT2D eigenvalue weighted by atomic mass is 32.2. The highest BCUT2D eigenvalue weighted by Crippen LogP contribution is 2.28. The summed E-state index contributed by atoms with van der Waals surface area (Å²) in [6.45, 7) is -1.75. The summed E-state index contributed by atoms with van der Waals surface area (Å²) in [7, 11) is -18.7. The summed E-state index contributed by atoms with van der Waals surface area (Å²) in [5, 5.41) is 48.5. The molecule has 2 atom stereocenters. The van der Waals surface area contributed by atoms with Crippen molar-refractivity contribution in [1.82, 2.24) is 29.9 Å². The topological polar surface area (TPSA) is 424 Å². The van der Waals surface area contributed by atoms with Gasteiger partial charge in [-0.3, -0.25) is 18.2 Å². The van der Waals surface area contributed by atoms with Crippen LogP contribution >= 0.6 is 0 Å². The van der Waals surface area contributed by atoms with Crippen LogP contribution in [0.2, 0.25) is 0 Å². The smallest absolute Gasteiger partial charge is 0.295 e. The van der Waals surface area contributed by atoms with Crippen molar-refractivity contribution in [2.75, 3.05) is 59.1 Å². The molecule has 30 heteroatoms. The van der Waals surface area contributed by atoms with Crippen LogP contribution in [0.4, 0.5) is 35.2 Å². The molecular weight excluding hydrogens is 909 g/mol. The van der Waals surface area contributed by atoms with Gasteiger partial charge in [-0.1, -0.05) is 24.3 Å². The molecule has 0 radical (unpaired) electrons. The van der Waals surface area contributed by atoms with Crippen LogP contribution in [-0.4, -0.2) is 152 Å². The van der Waals surface area contributed by atoms with Gasteiger partial charge >= 0.3 is 0 Å². The maximum absolute atomic E-state index is 12.5. The molecule has 4 rings (SSSR count). The van der Waals surface area contributed by atoms with E-state index in [4.69, 9.17) is 19.3 Å². The first-order valence-corrected chi connectivity index (χ1v) is 23.9. The van der Waals surface area contributed by atoms with Crippen LogP contribution in [-0.2, 0) is 53.3 Å². The predicted molar refractivity (Wildman–Crippen MR) is 220 cm³/mol. The van der Waals surface area contributed by atoms with Crippen molar-refractivity contribution in [3.8, 4) is 0 Å². The number of aryl methyl sites for hydroxylation is 2. The van der Waals surface area contributed by atoms with Gasteiger partial charge in [0, 0.05) is 37.3 Å². The standard InChI is InChI=1S/C32H42N10O16S4/c43-17-23(45)7-9-27-37-29(33-11-13-59(47,48)49)41-31(39-27)35-21-5-3-19(25(15-21)61(53,54)55)1-2-20-4-6-22(16-26(20)62(56,57)58)36-32-40-28(10-8-24(46)18-44)38-30(42-32)34-12-14-60(50,51)52/h1-6,15-16,23-24,43-46H,7-14,17-18H2,(H,47,48,49)(H,50,51,52)(H,53,54,55)(H,56,57,58)(H2,33,35,37,39,41)(H2,34,36,38,40,42). The number of aromatic nitrogens is 6. The molecule has 2 aromatic carbocycles. The maximum Gasteiger partial charge on any atom is 0.295 e. The second-order valence-electron chi connectivity index (χ2n) is 13.0. The van der Waals surface area contributed by atoms with Crippen LogP contribution in [0.3, 0.4) is 0 Å². The number of nitrogens with zero attached hydrogens (tertiary/aromatic N) is 6. The number of nitrogens with one attached hydrogen (secondary N) is 4. The normalized spacial score (nSPS) is 13.5. The Morgan fingerprint density at radius 2 is 0.887 bits per heavy atom. The van der Waals surface area contributed by atoms with Crippen molar-refractivity contribution in [3.63, 3.8) is 0 Å². The summed E-state index contributed by atoms with van der Waals surface area (Å²) >= 11 is 0. The first-order chi connectivity index (χ1) is 28.9. The monoisotopic (exact) mass is 950 g/mol. The largest absolute Gasteiger partial charge is 0.394 e. The molecule has 0 fully saturated rings. The van der Waals surface area contributed by atoms with E-state index in [-0.39, 0.29) is 96.7 Å². The number of aliphatic hydroxyl groups is 4. The van der Waals surface area contributed by atoms with E-state index in [1.165, 1.54) is 24.3 Å². The summed E-state index contributed by atoms with van der Waals surface area (Å²) in [5.74, 6) is -2.06. The van der Waals surface area contributed by atoms with Crippen molar-refractivity contribution in [1.29, 1.82) is 0 Å². The quantitative estimate of drug-likeness (QED) is 0.0307. The van der Waals surface area contributed by atoms with Gasteiger partial charge < -0.3 is 41.7 Å². The first kappa shape index (κ1) is 49.5. The van der Waals surface area contributed by atoms with E-state index < -0.39 is 87.2 Å². The van der Waals surface area contributed by atoms with Gasteiger partial charge in [-0.05, 0) is 48.2 Å². The van der Waals surface area contributed by atoms with Crippen LogP contribution < -0.4 is 21.3 Å². The van der Waals surface area contributed by atoms with Gasteiger partial charge in [0.2, 0.25) is 23.8 Å². The molecule has 0 amide bonds. The minimum absolute atomic E-state index is 0.00519. The van der Waals surface area contributed by atoms with Crippen LogP contribution in [0, 0.1) is 0 Å². The molecule has 12 N–H and O–H groups in total. The van der Waals surface area contributed by atoms with Crippen molar-refractivity contribution in [2.24, 2.45) is 0 Å². The molecule has 340 valence electrons. The average molecular weight is 951 g/mol. The molecule has 0 bridgehead atoms. The average Bonchev–Trinajstić information content (AvgIpc) is 3.17. The number of anilines is 6. The zero-order valence-electron chi connectivity index (χ0n) is 32.0. The van der Waals surface area contributed by atoms with E-state index in [2.05, 4.69) is 51.2 Å². The summed E-state index contributed by atoms with van der Waals surface area (Å²) in [6, 6.07) is 7.06. The van der Waals surface area contributed by atoms with E-state index in [0.29, 0.717) is 0 Å². The van der Waals surface area contributed by atoms with E-state index in [1.54, 1.807) is 0 Å². The lowest BCUT2D eigenvalue weighted by Crippen LogP contribution is -2.18. The van der Waals surface area contributed by atoms with Gasteiger partial charge in [-0.25, -0.2) is 0 Å². The Kier molecular flexibility index (Phi) is 17.0. The fourth-order valence-corrected chi connectivity index (χ4v) is 7.21. The molecule has 0 saturated carbocycles. The third-order valence-corrected chi connectivity index (χ3v) is 11.3. The summed E-state index contributed by atoms with van der Waals surface area (Å²) in [6.07, 6.45) is 0.0486. The Labute approximate surface area is 354 Å². The molecule has 26 nitrogen and oxygen atoms in total. The van der Waals surface area contributed by atoms with E-state index in [0.717, 1.165) is 24.3 Å². The first-order valence-electron chi connectivity index (χ1n) is 17.8. The van der Waals surface area contributed by atoms with Gasteiger partial charge in [0.15, 0.2) is 0 Å². The van der Waals surface area contributed by atoms with Crippen LogP contribution in [0.1, 0.15) is 35.6 Å². The zero-order chi connectivity index (χ0) is 45.9. The molecule has 0 aliphatic carbocycles. The molecule has 0 spiro atoms. The third kappa shape index (κ3) is 16.6. The Morgan fingerprint density at radius 1 is 0.532 bits per heavy atom. The molecule has 2 heterocycles. The van der Waals surface area contributed by atoms with Gasteiger partial charge in [-0.2, -0.15) is 63.6 Å². The molecule has 4 aromatic rings. The molecule has 2 unspecified atom stereocenters. The van der Waals surface area contributed by atoms with Crippen LogP contribution in [0.15, 0.2) is 46.2 Å². The van der Waals surface area contributed by atoms with E-state index in [9.17, 15) is 53.0 Å². The second-order valence-corrected chi connectivity index (χ2v) is 18.9. The Bertz CT molecular complexity index is 2510. The number of rotatable bonds is 24. The molecule has 0 aliphatic rings. The van der Waals surface area contributed by atoms with Crippen molar-refractivity contribution >= 4 is 87.8 Å². The molecule has 0 aliphatic heterocycles. The van der Waals surface area contributed by atoms with Crippen LogP contribution in [0.25, 0.3) is 12.2 Å². The van der Waals surface area contributed by atoms with Gasteiger partial charge in [0.25, 0.3) is 40.5 Å². The minimum Gasteiger partial charge on any atom is -0.394 e. The lowest BCUT2D eigenvalue weighted by Gasteiger charge is -2.13. The van der Waals surface area contributed by atoms with Gasteiger partial charge in [0.1, 0.15) is 21.4 Å². The lowest BCUT2D eigenvalue weighted by atomic mass is 10.1. The summed E-state index contributed by atoms with van der Waals surface area (Å²) in [5.41, 5.74) is -0.353. The van der Waals surface area contributed by atoms with Crippen molar-refractivity contribution in [2.45, 2.75) is 47.7 Å². The van der Waals surface area contributed by atoms with E-state index in [1.807, 2.05) is 0 Å². The van der Waals surface area contributed by atoms with E-state index >= 15 is 0 Å². The molecule has 62 heavy (non-hydrogen) atoms. The third-order valence-electron chi connectivity index (χ3n) is 8.01. The minimum atomic E-state index is -4.99. The molecule has 0 saturated heterocycles. The summed E-state index contributed by atoms with van der Waals surface area (Å²) in [4.78, 5) is 23.4. The number of benzene rings is 2. The number of hydrogen-bond donors (Lipinski definition) is 12. The molecular formula is C32H42N10O16S4. The fourth-order valence-electron chi connectivity index (χ4n) is 5.07. The number of hydrogen-bond acceptors (Lipinski definition) is 22. The van der Waals surface area contributed by atoms with Gasteiger partial charge in [0.05, 0.1) is 36.9 Å². The van der Waals surface area contributed by atoms with Crippen LogP contribution in [0.5, 0.6) is 0 Å². The SMILES string of the molecule is O=S(=O)(O)CCNc1nc(CCC(O)CO)nc(Nc2ccc(C=Cc3ccc(Nc4nc(CCC(O)CO)nc(NCCS(=O)(=O)O)n4)cc3S(=O)(=O)O)c(S(=O)(=O)O)c2)n1. The zero-order valence-corrected chi connectivity index (χ0v) is 35.3. The van der Waals surface area contributed by atoms with Gasteiger partial charge in [-0.15, -0.1) is 0 Å². The highest BCUT2D eigenvalue weighted by Gasteiger charge is 2.20. The maximum atomic E-state index is 12.5. The lowest BCUT2D eigenvalue weighted by molar-refractivity contribution is 0.0881. The molecule has 2 aromatic heterocycles. The summed E-state index contributed by atoms with van der Waals surface area (Å²) < 4.78 is 133. The second kappa shape index (κ2) is 21.3. The Morgan fingerprint density at radius 3 is 1.21 bits per heavy atom. The Balaban J connectivity index is 1.64. The predicted octanol–water partition coefficient (Wildman–Crippen LogP) is -0.621. The van der Waals surface area contributed by atoms with Crippen molar-refractivity contribution in [3.05, 3.63) is 59.2 Å². The fraction of sp³-hybridized carbons (Fsp3) is 0.375. The highest BCUT2D eigenvalue weighted by molar-refractivity contribution is 7.86. The Hall–Kier alpha value is -5.12.